The van der Waals surface area contributed by atoms with Gasteiger partial charge in [0.25, 0.3) is 5.91 Å². The zero-order valence-corrected chi connectivity index (χ0v) is 16.3. The van der Waals surface area contributed by atoms with Crippen LogP contribution >= 0.6 is 0 Å². The molecule has 3 rings (SSSR count). The Morgan fingerprint density at radius 2 is 1.61 bits per heavy atom. The molecule has 0 unspecified atom stereocenters. The number of esters is 1. The molecule has 0 atom stereocenters. The minimum absolute atomic E-state index is 0.206. The fraction of sp³-hybridized carbons (Fsp3) is 0.524. The van der Waals surface area contributed by atoms with E-state index in [2.05, 4.69) is 6.92 Å². The van der Waals surface area contributed by atoms with Gasteiger partial charge in [0, 0.05) is 25.9 Å². The van der Waals surface area contributed by atoms with Crippen molar-refractivity contribution in [2.24, 2.45) is 5.92 Å². The predicted octanol–water partition coefficient (Wildman–Crippen LogP) is 2.53. The lowest BCUT2D eigenvalue weighted by Crippen LogP contribution is -2.41. The smallest absolute Gasteiger partial charge is 0.338 e. The number of hydrogen-bond donors (Lipinski definition) is 0. The summed E-state index contributed by atoms with van der Waals surface area (Å²) in [5.41, 5.74) is 0.705. The van der Waals surface area contributed by atoms with E-state index in [9.17, 15) is 19.2 Å². The zero-order valence-electron chi connectivity index (χ0n) is 16.3. The molecule has 1 aliphatic heterocycles. The van der Waals surface area contributed by atoms with Gasteiger partial charge < -0.3 is 9.64 Å². The summed E-state index contributed by atoms with van der Waals surface area (Å²) < 4.78 is 5.15. The van der Waals surface area contributed by atoms with Gasteiger partial charge in [-0.2, -0.15) is 0 Å². The second-order valence-electron chi connectivity index (χ2n) is 7.66. The molecule has 0 radical (unpaired) electrons. The van der Waals surface area contributed by atoms with Crippen LogP contribution in [0.15, 0.2) is 24.3 Å². The molecular weight excluding hydrogens is 360 g/mol. The number of nitrogens with zero attached hydrogens (tertiary/aromatic N) is 2. The first-order chi connectivity index (χ1) is 13.4. The van der Waals surface area contributed by atoms with Crippen molar-refractivity contribution in [2.45, 2.75) is 51.5 Å². The molecule has 1 aromatic rings. The van der Waals surface area contributed by atoms with Crippen molar-refractivity contribution >= 4 is 29.4 Å². The lowest BCUT2D eigenvalue weighted by molar-refractivity contribution is -0.136. The third kappa shape index (κ3) is 4.40. The summed E-state index contributed by atoms with van der Waals surface area (Å²) in [6.07, 6.45) is 4.59. The van der Waals surface area contributed by atoms with Gasteiger partial charge in [-0.05, 0) is 55.9 Å². The number of benzene rings is 1. The summed E-state index contributed by atoms with van der Waals surface area (Å²) in [5.74, 6) is -0.605. The fourth-order valence-corrected chi connectivity index (χ4v) is 3.76. The lowest BCUT2D eigenvalue weighted by Gasteiger charge is -2.33. The van der Waals surface area contributed by atoms with Crippen LogP contribution in [0, 0.1) is 5.92 Å². The Morgan fingerprint density at radius 3 is 2.18 bits per heavy atom. The van der Waals surface area contributed by atoms with Crippen LogP contribution in [0.4, 0.5) is 5.69 Å². The van der Waals surface area contributed by atoms with Crippen molar-refractivity contribution in [1.82, 2.24) is 4.90 Å². The van der Waals surface area contributed by atoms with Crippen molar-refractivity contribution in [3.05, 3.63) is 29.8 Å². The maximum Gasteiger partial charge on any atom is 0.338 e. The average molecular weight is 386 g/mol. The third-order valence-electron chi connectivity index (χ3n) is 5.67. The van der Waals surface area contributed by atoms with Gasteiger partial charge in [0.1, 0.15) is 0 Å². The molecule has 150 valence electrons. The molecule has 0 aromatic heterocycles. The van der Waals surface area contributed by atoms with Crippen LogP contribution < -0.4 is 4.90 Å². The van der Waals surface area contributed by atoms with Gasteiger partial charge in [-0.1, -0.05) is 6.92 Å². The molecule has 7 nitrogen and oxygen atoms in total. The van der Waals surface area contributed by atoms with Crippen LogP contribution in [0.5, 0.6) is 0 Å². The van der Waals surface area contributed by atoms with Crippen molar-refractivity contribution in [3.8, 4) is 0 Å². The molecule has 7 heteroatoms. The summed E-state index contributed by atoms with van der Waals surface area (Å²) in [6.45, 7) is 1.92. The Hall–Kier alpha value is -2.70. The molecule has 2 aliphatic rings. The molecule has 3 amide bonds. The monoisotopic (exact) mass is 386 g/mol. The van der Waals surface area contributed by atoms with Crippen LogP contribution in [0.3, 0.4) is 0 Å². The summed E-state index contributed by atoms with van der Waals surface area (Å²) in [4.78, 5) is 50.9. The Balaban J connectivity index is 1.52. The van der Waals surface area contributed by atoms with Crippen LogP contribution in [0.2, 0.25) is 0 Å². The van der Waals surface area contributed by atoms with E-state index in [4.69, 9.17) is 4.74 Å². The maximum atomic E-state index is 12.3. The van der Waals surface area contributed by atoms with Crippen molar-refractivity contribution in [1.29, 1.82) is 0 Å². The molecule has 0 bridgehead atoms. The van der Waals surface area contributed by atoms with Crippen LogP contribution in [0.25, 0.3) is 0 Å². The average Bonchev–Trinajstić information content (AvgIpc) is 3.04. The Labute approximate surface area is 164 Å². The van der Waals surface area contributed by atoms with Gasteiger partial charge >= 0.3 is 5.97 Å². The summed E-state index contributed by atoms with van der Waals surface area (Å²) in [6, 6.07) is 6.27. The summed E-state index contributed by atoms with van der Waals surface area (Å²) in [7, 11) is 1.76. The Morgan fingerprint density at radius 1 is 1.04 bits per heavy atom. The first-order valence-corrected chi connectivity index (χ1v) is 9.75. The van der Waals surface area contributed by atoms with E-state index in [1.807, 2.05) is 0 Å². The van der Waals surface area contributed by atoms with E-state index in [0.29, 0.717) is 11.6 Å². The highest BCUT2D eigenvalue weighted by atomic mass is 16.5. The molecule has 0 spiro atoms. The molecule has 2 fully saturated rings. The summed E-state index contributed by atoms with van der Waals surface area (Å²) >= 11 is 0. The zero-order chi connectivity index (χ0) is 20.3. The van der Waals surface area contributed by atoms with Gasteiger partial charge in [-0.25, -0.2) is 4.79 Å². The number of hydrogen-bond acceptors (Lipinski definition) is 5. The number of carbonyl (C=O) groups is 4. The van der Waals surface area contributed by atoms with Crippen LogP contribution in [-0.2, 0) is 19.1 Å². The number of ether oxygens (including phenoxy) is 1. The second kappa shape index (κ2) is 8.54. The van der Waals surface area contributed by atoms with Gasteiger partial charge in [0.2, 0.25) is 11.8 Å². The minimum Gasteiger partial charge on any atom is -0.452 e. The largest absolute Gasteiger partial charge is 0.452 e. The van der Waals surface area contributed by atoms with E-state index < -0.39 is 5.97 Å². The number of imide groups is 1. The predicted molar refractivity (Wildman–Crippen MR) is 103 cm³/mol. The van der Waals surface area contributed by atoms with Gasteiger partial charge in [0.05, 0.1) is 11.3 Å². The van der Waals surface area contributed by atoms with Crippen LogP contribution in [-0.4, -0.2) is 48.3 Å². The SMILES string of the molecule is CC1CCC(N(C)C(=O)COC(=O)c2ccc(N3C(=O)CCC3=O)cc2)CC1. The maximum absolute atomic E-state index is 12.3. The van der Waals surface area contributed by atoms with Crippen LogP contribution in [0.1, 0.15) is 55.8 Å². The van der Waals surface area contributed by atoms with Gasteiger partial charge in [-0.3, -0.25) is 19.3 Å². The molecule has 1 saturated carbocycles. The molecule has 1 heterocycles. The first-order valence-electron chi connectivity index (χ1n) is 9.75. The topological polar surface area (TPSA) is 84.0 Å². The first kappa shape index (κ1) is 20.0. The van der Waals surface area contributed by atoms with E-state index in [-0.39, 0.29) is 48.8 Å². The lowest BCUT2D eigenvalue weighted by atomic mass is 9.87. The normalized spacial score (nSPS) is 22.3. The molecule has 28 heavy (non-hydrogen) atoms. The highest BCUT2D eigenvalue weighted by molar-refractivity contribution is 6.19. The molecule has 1 aliphatic carbocycles. The quantitative estimate of drug-likeness (QED) is 0.574. The van der Waals surface area contributed by atoms with Gasteiger partial charge in [0.15, 0.2) is 6.61 Å². The standard InChI is InChI=1S/C21H26N2O5/c1-14-3-7-16(8-4-14)22(2)20(26)13-28-21(27)15-5-9-17(10-6-15)23-18(24)11-12-19(23)25/h5-6,9-10,14,16H,3-4,7-8,11-13H2,1-2H3. The van der Waals surface area contributed by atoms with Crippen molar-refractivity contribution in [3.63, 3.8) is 0 Å². The number of carbonyl (C=O) groups excluding carboxylic acids is 4. The van der Waals surface area contributed by atoms with E-state index in [1.54, 1.807) is 11.9 Å². The Kier molecular flexibility index (Phi) is 6.11. The number of rotatable bonds is 5. The molecule has 1 aromatic carbocycles. The molecule has 1 saturated heterocycles. The van der Waals surface area contributed by atoms with E-state index in [0.717, 1.165) is 30.6 Å². The number of amides is 3. The summed E-state index contributed by atoms with van der Waals surface area (Å²) in [5, 5.41) is 0. The third-order valence-corrected chi connectivity index (χ3v) is 5.67. The number of anilines is 1. The fourth-order valence-electron chi connectivity index (χ4n) is 3.76. The van der Waals surface area contributed by atoms with Crippen molar-refractivity contribution in [2.75, 3.05) is 18.6 Å². The highest BCUT2D eigenvalue weighted by Gasteiger charge is 2.30. The second-order valence-corrected chi connectivity index (χ2v) is 7.66. The molecule has 0 N–H and O–H groups in total. The minimum atomic E-state index is -0.607. The highest BCUT2D eigenvalue weighted by Crippen LogP contribution is 2.26. The van der Waals surface area contributed by atoms with Gasteiger partial charge in [-0.15, -0.1) is 0 Å². The number of likely N-dealkylation sites (N-methyl/N-ethyl adjacent to an activating group) is 1. The van der Waals surface area contributed by atoms with E-state index >= 15 is 0 Å². The van der Waals surface area contributed by atoms with E-state index in [1.165, 1.54) is 24.3 Å². The Bertz CT molecular complexity index is 750. The molecular formula is C21H26N2O5. The van der Waals surface area contributed by atoms with Crippen molar-refractivity contribution < 1.29 is 23.9 Å².